The average molecular weight is 332 g/mol. The zero-order chi connectivity index (χ0) is 17.1. The topological polar surface area (TPSA) is 127 Å². The van der Waals surface area contributed by atoms with E-state index < -0.39 is 17.1 Å². The fourth-order valence-corrected chi connectivity index (χ4v) is 2.89. The van der Waals surface area contributed by atoms with Gasteiger partial charge in [-0.2, -0.15) is 0 Å². The third-order valence-electron chi connectivity index (χ3n) is 4.28. The van der Waals surface area contributed by atoms with Crippen LogP contribution in [-0.4, -0.2) is 33.0 Å². The Morgan fingerprint density at radius 2 is 2.21 bits per heavy atom. The summed E-state index contributed by atoms with van der Waals surface area (Å²) in [6.07, 6.45) is 6.63. The predicted molar refractivity (Wildman–Crippen MR) is 88.6 cm³/mol. The molecule has 0 radical (unpaired) electrons. The Labute approximate surface area is 137 Å². The van der Waals surface area contributed by atoms with Gasteiger partial charge in [0, 0.05) is 12.3 Å². The van der Waals surface area contributed by atoms with Crippen molar-refractivity contribution >= 4 is 6.21 Å². The quantitative estimate of drug-likeness (QED) is 0.706. The zero-order valence-corrected chi connectivity index (χ0v) is 13.1. The average Bonchev–Trinajstić information content (AvgIpc) is 3.06. The highest BCUT2D eigenvalue weighted by Crippen LogP contribution is 2.20. The normalized spacial score (nSPS) is 21.4. The molecule has 2 aromatic heterocycles. The van der Waals surface area contributed by atoms with Crippen molar-refractivity contribution in [1.82, 2.24) is 9.55 Å². The maximum absolute atomic E-state index is 12.0. The third-order valence-corrected chi connectivity index (χ3v) is 4.28. The number of nitrogens with two attached hydrogens (primary N) is 1. The number of aromatic nitrogens is 2. The Hall–Kier alpha value is -2.61. The molecule has 2 heterocycles. The highest BCUT2D eigenvalue weighted by atomic mass is 16.3. The van der Waals surface area contributed by atoms with Crippen molar-refractivity contribution in [2.24, 2.45) is 10.7 Å². The number of aliphatic imine (C=N–C) groups is 1. The van der Waals surface area contributed by atoms with Gasteiger partial charge in [0.05, 0.1) is 18.8 Å². The van der Waals surface area contributed by atoms with Crippen molar-refractivity contribution in [3.05, 3.63) is 50.6 Å². The summed E-state index contributed by atoms with van der Waals surface area (Å²) in [7, 11) is 0. The van der Waals surface area contributed by atoms with Crippen LogP contribution in [0, 0.1) is 0 Å². The Morgan fingerprint density at radius 1 is 1.42 bits per heavy atom. The van der Waals surface area contributed by atoms with Crippen LogP contribution >= 0.6 is 0 Å². The fourth-order valence-electron chi connectivity index (χ4n) is 2.89. The first kappa shape index (κ1) is 16.3. The number of nitrogens with one attached hydrogen (secondary N) is 1. The van der Waals surface area contributed by atoms with Crippen molar-refractivity contribution in [3.63, 3.8) is 0 Å². The van der Waals surface area contributed by atoms with E-state index >= 15 is 0 Å². The number of H-pyrrole nitrogens is 1. The lowest BCUT2D eigenvalue weighted by Crippen LogP contribution is -2.36. The van der Waals surface area contributed by atoms with E-state index in [0.717, 1.165) is 30.3 Å². The molecule has 0 spiro atoms. The second kappa shape index (κ2) is 6.88. The van der Waals surface area contributed by atoms with Gasteiger partial charge in [0.1, 0.15) is 11.3 Å². The SMILES string of the molecule is N[C@@H]1CCCC[C@H]1N=Cc1c(O)n(Cc2ccco2)c(=O)[nH]c1=O. The van der Waals surface area contributed by atoms with Gasteiger partial charge in [-0.1, -0.05) is 12.8 Å². The molecule has 0 saturated heterocycles. The van der Waals surface area contributed by atoms with Crippen molar-refractivity contribution in [1.29, 1.82) is 0 Å². The van der Waals surface area contributed by atoms with Crippen LogP contribution in [0.5, 0.6) is 5.88 Å². The van der Waals surface area contributed by atoms with Gasteiger partial charge in [-0.15, -0.1) is 0 Å². The van der Waals surface area contributed by atoms with Crippen LogP contribution in [0.4, 0.5) is 0 Å². The van der Waals surface area contributed by atoms with Crippen LogP contribution in [0.3, 0.4) is 0 Å². The summed E-state index contributed by atoms with van der Waals surface area (Å²) >= 11 is 0. The van der Waals surface area contributed by atoms with E-state index in [1.807, 2.05) is 0 Å². The van der Waals surface area contributed by atoms with E-state index in [1.54, 1.807) is 12.1 Å². The van der Waals surface area contributed by atoms with Gasteiger partial charge in [0.15, 0.2) is 0 Å². The van der Waals surface area contributed by atoms with Crippen LogP contribution in [0.15, 0.2) is 37.4 Å². The maximum atomic E-state index is 12.0. The molecule has 3 rings (SSSR count). The molecule has 1 fully saturated rings. The summed E-state index contributed by atoms with van der Waals surface area (Å²) in [6, 6.07) is 3.22. The van der Waals surface area contributed by atoms with Crippen LogP contribution < -0.4 is 17.0 Å². The number of aromatic amines is 1. The summed E-state index contributed by atoms with van der Waals surface area (Å²) in [5.74, 6) is 0.0462. The zero-order valence-electron chi connectivity index (χ0n) is 13.1. The van der Waals surface area contributed by atoms with E-state index in [2.05, 4.69) is 9.98 Å². The van der Waals surface area contributed by atoms with Crippen molar-refractivity contribution in [2.45, 2.75) is 44.3 Å². The van der Waals surface area contributed by atoms with Crippen LogP contribution in [0.2, 0.25) is 0 Å². The molecule has 2 aromatic rings. The van der Waals surface area contributed by atoms with Crippen LogP contribution in [0.1, 0.15) is 37.0 Å². The second-order valence-corrected chi connectivity index (χ2v) is 5.96. The Morgan fingerprint density at radius 3 is 2.92 bits per heavy atom. The Kier molecular flexibility index (Phi) is 4.66. The summed E-state index contributed by atoms with van der Waals surface area (Å²) in [5.41, 5.74) is 4.59. The number of aromatic hydroxyl groups is 1. The lowest BCUT2D eigenvalue weighted by molar-refractivity contribution is 0.385. The van der Waals surface area contributed by atoms with Gasteiger partial charge in [-0.05, 0) is 25.0 Å². The monoisotopic (exact) mass is 332 g/mol. The lowest BCUT2D eigenvalue weighted by atomic mass is 9.91. The molecule has 0 unspecified atom stereocenters. The molecular formula is C16H20N4O4. The minimum Gasteiger partial charge on any atom is -0.494 e. The van der Waals surface area contributed by atoms with E-state index in [4.69, 9.17) is 10.2 Å². The fraction of sp³-hybridized carbons (Fsp3) is 0.438. The first-order valence-corrected chi connectivity index (χ1v) is 7.93. The third kappa shape index (κ3) is 3.33. The van der Waals surface area contributed by atoms with Gasteiger partial charge in [0.2, 0.25) is 5.88 Å². The van der Waals surface area contributed by atoms with E-state index in [0.29, 0.717) is 5.76 Å². The second-order valence-electron chi connectivity index (χ2n) is 5.96. The minimum atomic E-state index is -0.708. The molecule has 0 amide bonds. The van der Waals surface area contributed by atoms with Crippen molar-refractivity contribution < 1.29 is 9.52 Å². The van der Waals surface area contributed by atoms with Gasteiger partial charge in [-0.3, -0.25) is 19.3 Å². The molecule has 24 heavy (non-hydrogen) atoms. The molecule has 1 saturated carbocycles. The molecule has 2 atom stereocenters. The highest BCUT2D eigenvalue weighted by Gasteiger charge is 2.21. The van der Waals surface area contributed by atoms with Crippen LogP contribution in [0.25, 0.3) is 0 Å². The summed E-state index contributed by atoms with van der Waals surface area (Å²) in [4.78, 5) is 30.5. The van der Waals surface area contributed by atoms with Gasteiger partial charge in [0.25, 0.3) is 5.56 Å². The molecule has 8 nitrogen and oxygen atoms in total. The molecule has 1 aliphatic rings. The molecule has 1 aliphatic carbocycles. The highest BCUT2D eigenvalue weighted by molar-refractivity contribution is 5.82. The summed E-state index contributed by atoms with van der Waals surface area (Å²) in [5, 5.41) is 10.3. The van der Waals surface area contributed by atoms with Crippen molar-refractivity contribution in [2.75, 3.05) is 0 Å². The molecule has 0 bridgehead atoms. The van der Waals surface area contributed by atoms with E-state index in [9.17, 15) is 14.7 Å². The summed E-state index contributed by atoms with van der Waals surface area (Å²) < 4.78 is 6.20. The number of nitrogens with zero attached hydrogens (tertiary/aromatic N) is 2. The standard InChI is InChI=1S/C16H20N4O4/c17-12-5-1-2-6-13(12)18-8-11-14(21)19-16(23)20(15(11)22)9-10-4-3-7-24-10/h3-4,7-8,12-13,22H,1-2,5-6,9,17H2,(H,19,21,23)/t12-,13-/m1/s1. The molecular weight excluding hydrogens is 312 g/mol. The number of hydrogen-bond donors (Lipinski definition) is 3. The van der Waals surface area contributed by atoms with Crippen LogP contribution in [-0.2, 0) is 6.54 Å². The van der Waals surface area contributed by atoms with Gasteiger partial charge in [-0.25, -0.2) is 4.79 Å². The van der Waals surface area contributed by atoms with E-state index in [1.165, 1.54) is 12.5 Å². The van der Waals surface area contributed by atoms with Crippen molar-refractivity contribution in [3.8, 4) is 5.88 Å². The number of furan rings is 1. The largest absolute Gasteiger partial charge is 0.494 e. The molecule has 8 heteroatoms. The Balaban J connectivity index is 1.92. The molecule has 4 N–H and O–H groups in total. The smallest absolute Gasteiger partial charge is 0.331 e. The predicted octanol–water partition coefficient (Wildman–Crippen LogP) is 0.572. The summed E-state index contributed by atoms with van der Waals surface area (Å²) in [6.45, 7) is 0.0121. The van der Waals surface area contributed by atoms with Gasteiger partial charge < -0.3 is 15.3 Å². The molecule has 0 aliphatic heterocycles. The lowest BCUT2D eigenvalue weighted by Gasteiger charge is -2.24. The first-order chi connectivity index (χ1) is 11.6. The van der Waals surface area contributed by atoms with E-state index in [-0.39, 0.29) is 24.2 Å². The maximum Gasteiger partial charge on any atom is 0.331 e. The minimum absolute atomic E-state index is 0.0121. The molecule has 128 valence electrons. The number of hydrogen-bond acceptors (Lipinski definition) is 6. The first-order valence-electron chi connectivity index (χ1n) is 7.93. The Bertz CT molecular complexity index is 835. The van der Waals surface area contributed by atoms with Gasteiger partial charge >= 0.3 is 5.69 Å². The number of rotatable bonds is 4. The molecule has 0 aromatic carbocycles.